The van der Waals surface area contributed by atoms with Gasteiger partial charge in [0.25, 0.3) is 0 Å². The van der Waals surface area contributed by atoms with Crippen molar-refractivity contribution in [3.05, 3.63) is 29.2 Å². The van der Waals surface area contributed by atoms with E-state index in [1.807, 2.05) is 6.92 Å². The summed E-state index contributed by atoms with van der Waals surface area (Å²) in [5.41, 5.74) is 0.740. The van der Waals surface area contributed by atoms with E-state index in [-0.39, 0.29) is 5.78 Å². The largest absolute Gasteiger partial charge is 0.315 e. The molecule has 0 unspecified atom stereocenters. The van der Waals surface area contributed by atoms with Crippen LogP contribution in [0.25, 0.3) is 0 Å². The van der Waals surface area contributed by atoms with Crippen molar-refractivity contribution in [2.24, 2.45) is 0 Å². The first-order chi connectivity index (χ1) is 7.66. The van der Waals surface area contributed by atoms with Crippen LogP contribution in [0.15, 0.2) is 18.6 Å². The fourth-order valence-corrected chi connectivity index (χ4v) is 2.12. The van der Waals surface area contributed by atoms with Gasteiger partial charge in [0.1, 0.15) is 0 Å². The molecule has 82 valence electrons. The lowest BCUT2D eigenvalue weighted by Gasteiger charge is -1.98. The van der Waals surface area contributed by atoms with Crippen molar-refractivity contribution in [1.82, 2.24) is 15.0 Å². The maximum atomic E-state index is 11.2. The zero-order valence-electron chi connectivity index (χ0n) is 8.89. The van der Waals surface area contributed by atoms with E-state index in [0.29, 0.717) is 15.8 Å². The van der Waals surface area contributed by atoms with Gasteiger partial charge >= 0.3 is 0 Å². The normalized spacial score (nSPS) is 10.1. The molecule has 0 amide bonds. The highest BCUT2D eigenvalue weighted by Crippen LogP contribution is 2.24. The summed E-state index contributed by atoms with van der Waals surface area (Å²) in [5, 5.41) is 3.66. The summed E-state index contributed by atoms with van der Waals surface area (Å²) in [6, 6.07) is 0. The van der Waals surface area contributed by atoms with E-state index in [1.165, 1.54) is 18.3 Å². The summed E-state index contributed by atoms with van der Waals surface area (Å²) in [6.07, 6.45) is 4.79. The molecule has 0 aromatic carbocycles. The molecule has 2 aromatic heterocycles. The number of thiazole rings is 1. The summed E-state index contributed by atoms with van der Waals surface area (Å²) in [7, 11) is 0. The molecular weight excluding hydrogens is 224 g/mol. The first-order valence-corrected chi connectivity index (χ1v) is 5.50. The Kier molecular flexibility index (Phi) is 2.91. The summed E-state index contributed by atoms with van der Waals surface area (Å²) in [5.74, 6) is 0.647. The number of hydrogen-bond acceptors (Lipinski definition) is 6. The Morgan fingerprint density at radius 2 is 2.25 bits per heavy atom. The first kappa shape index (κ1) is 10.7. The molecule has 5 nitrogen and oxygen atoms in total. The quantitative estimate of drug-likeness (QED) is 0.824. The number of anilines is 2. The number of carbonyl (C=O) groups excluding carboxylic acids is 1. The van der Waals surface area contributed by atoms with Crippen molar-refractivity contribution in [2.45, 2.75) is 13.8 Å². The van der Waals surface area contributed by atoms with Crippen LogP contribution < -0.4 is 5.32 Å². The van der Waals surface area contributed by atoms with E-state index >= 15 is 0 Å². The molecule has 0 bridgehead atoms. The smallest absolute Gasteiger partial charge is 0.189 e. The molecule has 16 heavy (non-hydrogen) atoms. The van der Waals surface area contributed by atoms with Crippen LogP contribution in [0.3, 0.4) is 0 Å². The molecule has 6 heteroatoms. The summed E-state index contributed by atoms with van der Waals surface area (Å²) in [6.45, 7) is 3.35. The Bertz CT molecular complexity index is 509. The fraction of sp³-hybridized carbons (Fsp3) is 0.200. The molecule has 0 saturated heterocycles. The molecular formula is C10H10N4OS. The highest BCUT2D eigenvalue weighted by Gasteiger charge is 2.11. The second-order valence-corrected chi connectivity index (χ2v) is 4.20. The minimum Gasteiger partial charge on any atom is -0.315 e. The van der Waals surface area contributed by atoms with Gasteiger partial charge in [0.2, 0.25) is 0 Å². The maximum absolute atomic E-state index is 11.2. The Morgan fingerprint density at radius 1 is 1.44 bits per heavy atom. The van der Waals surface area contributed by atoms with Crippen molar-refractivity contribution in [1.29, 1.82) is 0 Å². The highest BCUT2D eigenvalue weighted by molar-refractivity contribution is 7.17. The number of Topliss-reactive ketones (excluding diaryl/α,β-unsaturated/α-hetero) is 1. The van der Waals surface area contributed by atoms with Crippen LogP contribution in [0.5, 0.6) is 0 Å². The third-order valence-corrected chi connectivity index (χ3v) is 3.09. The molecule has 2 heterocycles. The van der Waals surface area contributed by atoms with Crippen LogP contribution in [0.1, 0.15) is 22.3 Å². The number of aryl methyl sites for hydroxylation is 1. The van der Waals surface area contributed by atoms with Gasteiger partial charge in [-0.15, -0.1) is 0 Å². The molecule has 0 spiro atoms. The summed E-state index contributed by atoms with van der Waals surface area (Å²) in [4.78, 5) is 24.2. The van der Waals surface area contributed by atoms with E-state index in [9.17, 15) is 4.79 Å². The topological polar surface area (TPSA) is 67.8 Å². The number of nitrogens with one attached hydrogen (secondary N) is 1. The second kappa shape index (κ2) is 4.36. The molecule has 1 N–H and O–H groups in total. The lowest BCUT2D eigenvalue weighted by Crippen LogP contribution is -1.92. The molecule has 0 radical (unpaired) electrons. The van der Waals surface area contributed by atoms with Crippen molar-refractivity contribution in [3.8, 4) is 0 Å². The standard InChI is InChI=1S/C10H10N4OS/c1-6-9(7(2)15)16-10(13-6)14-8-5-11-3-4-12-8/h3-5H,1-2H3,(H,12,13,14). The van der Waals surface area contributed by atoms with Crippen LogP contribution in [0.4, 0.5) is 10.9 Å². The van der Waals surface area contributed by atoms with Gasteiger partial charge < -0.3 is 5.32 Å². The van der Waals surface area contributed by atoms with Gasteiger partial charge in [-0.1, -0.05) is 11.3 Å². The lowest BCUT2D eigenvalue weighted by molar-refractivity contribution is 0.102. The third kappa shape index (κ3) is 2.22. The van der Waals surface area contributed by atoms with E-state index in [1.54, 1.807) is 18.6 Å². The van der Waals surface area contributed by atoms with E-state index < -0.39 is 0 Å². The minimum absolute atomic E-state index is 0.0298. The Hall–Kier alpha value is -1.82. The second-order valence-electron chi connectivity index (χ2n) is 3.21. The summed E-state index contributed by atoms with van der Waals surface area (Å²) >= 11 is 1.32. The van der Waals surface area contributed by atoms with Crippen LogP contribution in [0.2, 0.25) is 0 Å². The van der Waals surface area contributed by atoms with Crippen molar-refractivity contribution >= 4 is 28.1 Å². The average molecular weight is 234 g/mol. The Balaban J connectivity index is 2.23. The van der Waals surface area contributed by atoms with Crippen LogP contribution >= 0.6 is 11.3 Å². The van der Waals surface area contributed by atoms with Crippen LogP contribution in [-0.2, 0) is 0 Å². The molecule has 0 aliphatic rings. The predicted molar refractivity (Wildman–Crippen MR) is 62.2 cm³/mol. The first-order valence-electron chi connectivity index (χ1n) is 4.68. The highest BCUT2D eigenvalue weighted by atomic mass is 32.1. The van der Waals surface area contributed by atoms with Crippen molar-refractivity contribution in [2.75, 3.05) is 5.32 Å². The van der Waals surface area contributed by atoms with Gasteiger partial charge in [-0.2, -0.15) is 0 Å². The number of nitrogens with zero attached hydrogens (tertiary/aromatic N) is 3. The Labute approximate surface area is 96.6 Å². The molecule has 0 aliphatic heterocycles. The van der Waals surface area contributed by atoms with E-state index in [4.69, 9.17) is 0 Å². The Morgan fingerprint density at radius 3 is 2.81 bits per heavy atom. The molecule has 0 saturated carbocycles. The maximum Gasteiger partial charge on any atom is 0.189 e. The molecule has 0 aliphatic carbocycles. The van der Waals surface area contributed by atoms with Crippen molar-refractivity contribution < 1.29 is 4.79 Å². The summed E-state index contributed by atoms with van der Waals surface area (Å²) < 4.78 is 0. The molecule has 0 atom stereocenters. The van der Waals surface area contributed by atoms with E-state index in [2.05, 4.69) is 20.3 Å². The number of aromatic nitrogens is 3. The monoisotopic (exact) mass is 234 g/mol. The molecule has 2 aromatic rings. The number of rotatable bonds is 3. The average Bonchev–Trinajstić information content (AvgIpc) is 2.61. The van der Waals surface area contributed by atoms with Gasteiger partial charge in [-0.3, -0.25) is 9.78 Å². The number of ketones is 1. The fourth-order valence-electron chi connectivity index (χ4n) is 1.25. The predicted octanol–water partition coefficient (Wildman–Crippen LogP) is 2.19. The molecule has 2 rings (SSSR count). The number of hydrogen-bond donors (Lipinski definition) is 1. The zero-order chi connectivity index (χ0) is 11.5. The van der Waals surface area contributed by atoms with Gasteiger partial charge in [-0.25, -0.2) is 9.97 Å². The number of carbonyl (C=O) groups is 1. The van der Waals surface area contributed by atoms with E-state index in [0.717, 1.165) is 5.69 Å². The van der Waals surface area contributed by atoms with Crippen LogP contribution in [0, 0.1) is 6.92 Å². The lowest BCUT2D eigenvalue weighted by atomic mass is 10.3. The van der Waals surface area contributed by atoms with Gasteiger partial charge in [0.15, 0.2) is 16.7 Å². The van der Waals surface area contributed by atoms with Gasteiger partial charge in [0.05, 0.1) is 16.8 Å². The van der Waals surface area contributed by atoms with Gasteiger partial charge in [0, 0.05) is 19.3 Å². The third-order valence-electron chi connectivity index (χ3n) is 1.91. The van der Waals surface area contributed by atoms with Crippen LogP contribution in [-0.4, -0.2) is 20.7 Å². The SMILES string of the molecule is CC(=O)c1sc(Nc2cnccn2)nc1C. The molecule has 0 fully saturated rings. The zero-order valence-corrected chi connectivity index (χ0v) is 9.71. The minimum atomic E-state index is 0.0298. The van der Waals surface area contributed by atoms with Gasteiger partial charge in [-0.05, 0) is 6.92 Å². The van der Waals surface area contributed by atoms with Crippen molar-refractivity contribution in [3.63, 3.8) is 0 Å².